The van der Waals surface area contributed by atoms with Crippen molar-refractivity contribution in [2.24, 2.45) is 7.05 Å². The molecule has 0 saturated carbocycles. The Morgan fingerprint density at radius 3 is 2.91 bits per heavy atom. The van der Waals surface area contributed by atoms with Crippen LogP contribution in [0, 0.1) is 0 Å². The number of hydrogen-bond acceptors (Lipinski definition) is 3. The van der Waals surface area contributed by atoms with Gasteiger partial charge in [-0.15, -0.1) is 0 Å². The third-order valence-corrected chi connectivity index (χ3v) is 4.93. The fourth-order valence-corrected chi connectivity index (χ4v) is 3.62. The van der Waals surface area contributed by atoms with Crippen molar-refractivity contribution in [2.45, 2.75) is 38.4 Å². The van der Waals surface area contributed by atoms with Crippen molar-refractivity contribution in [3.8, 4) is 0 Å². The molecule has 0 aliphatic carbocycles. The van der Waals surface area contributed by atoms with Gasteiger partial charge in [0.1, 0.15) is 5.82 Å². The van der Waals surface area contributed by atoms with E-state index in [1.165, 1.54) is 24.8 Å². The Kier molecular flexibility index (Phi) is 3.87. The zero-order chi connectivity index (χ0) is 15.6. The number of imidazole rings is 1. The quantitative estimate of drug-likeness (QED) is 0.744. The lowest BCUT2D eigenvalue weighted by Gasteiger charge is -2.35. The normalized spacial score (nSPS) is 19.4. The first-order valence-corrected chi connectivity index (χ1v) is 8.43. The van der Waals surface area contributed by atoms with Gasteiger partial charge in [0, 0.05) is 25.5 Å². The largest absolute Gasteiger partial charge is 0.330 e. The number of rotatable bonds is 4. The maximum absolute atomic E-state index is 4.84. The summed E-state index contributed by atoms with van der Waals surface area (Å²) in [5, 5.41) is 4.37. The molecule has 5 nitrogen and oxygen atoms in total. The predicted octanol–water partition coefficient (Wildman–Crippen LogP) is 2.82. The van der Waals surface area contributed by atoms with Crippen LogP contribution in [0.5, 0.6) is 0 Å². The summed E-state index contributed by atoms with van der Waals surface area (Å²) in [6.45, 7) is 3.03. The van der Waals surface area contributed by atoms with Crippen molar-refractivity contribution >= 4 is 11.0 Å². The van der Waals surface area contributed by atoms with Gasteiger partial charge in [0.05, 0.1) is 24.1 Å². The van der Waals surface area contributed by atoms with Crippen molar-refractivity contribution in [3.63, 3.8) is 0 Å². The first kappa shape index (κ1) is 14.5. The number of aryl methyl sites for hydroxylation is 1. The van der Waals surface area contributed by atoms with Gasteiger partial charge in [-0.2, -0.15) is 5.10 Å². The Morgan fingerprint density at radius 2 is 2.09 bits per heavy atom. The van der Waals surface area contributed by atoms with E-state index in [0.717, 1.165) is 31.0 Å². The second kappa shape index (κ2) is 6.16. The Bertz CT molecular complexity index is 774. The molecule has 23 heavy (non-hydrogen) atoms. The fraction of sp³-hybridized carbons (Fsp3) is 0.444. The summed E-state index contributed by atoms with van der Waals surface area (Å²) in [5.74, 6) is 1.15. The summed E-state index contributed by atoms with van der Waals surface area (Å²) >= 11 is 0. The highest BCUT2D eigenvalue weighted by molar-refractivity contribution is 5.75. The molecule has 1 saturated heterocycles. The number of benzene rings is 1. The summed E-state index contributed by atoms with van der Waals surface area (Å²) in [5.41, 5.74) is 2.30. The number of likely N-dealkylation sites (tertiary alicyclic amines) is 1. The first-order chi connectivity index (χ1) is 11.3. The van der Waals surface area contributed by atoms with Crippen LogP contribution in [0.2, 0.25) is 0 Å². The van der Waals surface area contributed by atoms with Crippen LogP contribution in [-0.4, -0.2) is 36.8 Å². The van der Waals surface area contributed by atoms with Crippen molar-refractivity contribution in [2.75, 3.05) is 6.54 Å². The standard InChI is InChI=1S/C18H23N5/c1-21-17-9-3-2-8-16(17)20-18(21)14-22-11-5-4-7-15(22)13-23-12-6-10-19-23/h2-3,6,8-10,12,15H,4-5,7,11,13-14H2,1H3/t15-/m0/s1. The maximum atomic E-state index is 4.84. The monoisotopic (exact) mass is 309 g/mol. The van der Waals surface area contributed by atoms with Gasteiger partial charge in [-0.1, -0.05) is 18.6 Å². The van der Waals surface area contributed by atoms with Gasteiger partial charge < -0.3 is 4.57 Å². The van der Waals surface area contributed by atoms with Crippen molar-refractivity contribution in [1.82, 2.24) is 24.2 Å². The molecule has 3 aromatic rings. The third kappa shape index (κ3) is 2.88. The molecule has 0 amide bonds. The van der Waals surface area contributed by atoms with Crippen LogP contribution in [0.25, 0.3) is 11.0 Å². The molecule has 120 valence electrons. The SMILES string of the molecule is Cn1c(CN2CCCC[C@H]2Cn2cccn2)nc2ccccc21. The molecular weight excluding hydrogens is 286 g/mol. The summed E-state index contributed by atoms with van der Waals surface area (Å²) < 4.78 is 4.28. The number of hydrogen-bond donors (Lipinski definition) is 0. The molecule has 0 radical (unpaired) electrons. The molecule has 1 aliphatic heterocycles. The zero-order valence-corrected chi connectivity index (χ0v) is 13.6. The second-order valence-corrected chi connectivity index (χ2v) is 6.42. The second-order valence-electron chi connectivity index (χ2n) is 6.42. The van der Waals surface area contributed by atoms with Gasteiger partial charge in [-0.25, -0.2) is 4.98 Å². The molecule has 1 aromatic carbocycles. The lowest BCUT2D eigenvalue weighted by atomic mass is 10.0. The number of piperidine rings is 1. The summed E-state index contributed by atoms with van der Waals surface area (Å²) in [6, 6.07) is 10.9. The van der Waals surface area contributed by atoms with Crippen molar-refractivity contribution in [3.05, 3.63) is 48.5 Å². The molecule has 2 aromatic heterocycles. The van der Waals surface area contributed by atoms with Gasteiger partial charge >= 0.3 is 0 Å². The molecule has 0 N–H and O–H groups in total. The number of para-hydroxylation sites is 2. The van der Waals surface area contributed by atoms with E-state index in [1.807, 2.05) is 12.3 Å². The van der Waals surface area contributed by atoms with E-state index in [4.69, 9.17) is 4.98 Å². The highest BCUT2D eigenvalue weighted by Gasteiger charge is 2.24. The topological polar surface area (TPSA) is 38.9 Å². The Labute approximate surface area is 136 Å². The van der Waals surface area contributed by atoms with Gasteiger partial charge in [0.25, 0.3) is 0 Å². The maximum Gasteiger partial charge on any atom is 0.123 e. The van der Waals surface area contributed by atoms with Crippen molar-refractivity contribution < 1.29 is 0 Å². The van der Waals surface area contributed by atoms with E-state index in [-0.39, 0.29) is 0 Å². The average Bonchev–Trinajstić information content (AvgIpc) is 3.19. The van der Waals surface area contributed by atoms with E-state index in [1.54, 1.807) is 0 Å². The molecule has 5 heteroatoms. The van der Waals surface area contributed by atoms with E-state index in [2.05, 4.69) is 56.8 Å². The van der Waals surface area contributed by atoms with E-state index in [0.29, 0.717) is 6.04 Å². The molecule has 3 heterocycles. The molecule has 0 spiro atoms. The van der Waals surface area contributed by atoms with Crippen LogP contribution in [-0.2, 0) is 20.1 Å². The minimum Gasteiger partial charge on any atom is -0.330 e. The van der Waals surface area contributed by atoms with Crippen LogP contribution < -0.4 is 0 Å². The molecule has 1 fully saturated rings. The van der Waals surface area contributed by atoms with Gasteiger partial charge in [-0.3, -0.25) is 9.58 Å². The highest BCUT2D eigenvalue weighted by atomic mass is 15.3. The van der Waals surface area contributed by atoms with Crippen molar-refractivity contribution in [1.29, 1.82) is 0 Å². The third-order valence-electron chi connectivity index (χ3n) is 4.93. The Balaban J connectivity index is 1.56. The number of fused-ring (bicyclic) bond motifs is 1. The zero-order valence-electron chi connectivity index (χ0n) is 13.6. The number of nitrogens with zero attached hydrogens (tertiary/aromatic N) is 5. The van der Waals surface area contributed by atoms with E-state index >= 15 is 0 Å². The van der Waals surface area contributed by atoms with Gasteiger partial charge in [0.15, 0.2) is 0 Å². The highest BCUT2D eigenvalue weighted by Crippen LogP contribution is 2.22. The van der Waals surface area contributed by atoms with Gasteiger partial charge in [-0.05, 0) is 37.6 Å². The van der Waals surface area contributed by atoms with Crippen LogP contribution in [0.4, 0.5) is 0 Å². The Morgan fingerprint density at radius 1 is 1.17 bits per heavy atom. The molecular formula is C18H23N5. The molecule has 0 unspecified atom stereocenters. The summed E-state index contributed by atoms with van der Waals surface area (Å²) in [7, 11) is 2.12. The predicted molar refractivity (Wildman–Crippen MR) is 91.0 cm³/mol. The fourth-order valence-electron chi connectivity index (χ4n) is 3.62. The molecule has 0 bridgehead atoms. The summed E-state index contributed by atoms with van der Waals surface area (Å²) in [6.07, 6.45) is 7.74. The van der Waals surface area contributed by atoms with E-state index in [9.17, 15) is 0 Å². The molecule has 4 rings (SSSR count). The van der Waals surface area contributed by atoms with Gasteiger partial charge in [0.2, 0.25) is 0 Å². The first-order valence-electron chi connectivity index (χ1n) is 8.43. The Hall–Kier alpha value is -2.14. The van der Waals surface area contributed by atoms with Crippen LogP contribution in [0.1, 0.15) is 25.1 Å². The molecule has 1 atom stereocenters. The summed E-state index contributed by atoms with van der Waals surface area (Å²) in [4.78, 5) is 7.41. The van der Waals surface area contributed by atoms with E-state index < -0.39 is 0 Å². The minimum absolute atomic E-state index is 0.545. The van der Waals surface area contributed by atoms with Crippen LogP contribution >= 0.6 is 0 Å². The van der Waals surface area contributed by atoms with Crippen LogP contribution in [0.3, 0.4) is 0 Å². The molecule has 1 aliphatic rings. The smallest absolute Gasteiger partial charge is 0.123 e. The lowest BCUT2D eigenvalue weighted by Crippen LogP contribution is -2.42. The lowest BCUT2D eigenvalue weighted by molar-refractivity contribution is 0.118. The minimum atomic E-state index is 0.545. The average molecular weight is 309 g/mol. The number of aromatic nitrogens is 4. The van der Waals surface area contributed by atoms with Crippen LogP contribution in [0.15, 0.2) is 42.7 Å².